The standard InChI is InChI=1S/C14H18N4O3/c1-14(4-7-18(13(14)21)9-11(15)19)8-12(20)17-10-2-5-16-6-3-10/h2-3,5-6H,4,7-9H2,1H3,(H2,15,19)(H,16,17,20). The Morgan fingerprint density at radius 1 is 1.43 bits per heavy atom. The number of carbonyl (C=O) groups is 3. The molecule has 1 atom stereocenters. The van der Waals surface area contributed by atoms with Crippen LogP contribution in [0.3, 0.4) is 0 Å². The van der Waals surface area contributed by atoms with E-state index >= 15 is 0 Å². The number of likely N-dealkylation sites (tertiary alicyclic amines) is 1. The van der Waals surface area contributed by atoms with Gasteiger partial charge in [0.15, 0.2) is 0 Å². The molecule has 0 aromatic carbocycles. The number of nitrogens with two attached hydrogens (primary N) is 1. The van der Waals surface area contributed by atoms with E-state index in [1.165, 1.54) is 4.90 Å². The fraction of sp³-hybridized carbons (Fsp3) is 0.429. The van der Waals surface area contributed by atoms with Crippen molar-refractivity contribution in [3.63, 3.8) is 0 Å². The Morgan fingerprint density at radius 3 is 2.71 bits per heavy atom. The van der Waals surface area contributed by atoms with E-state index < -0.39 is 11.3 Å². The van der Waals surface area contributed by atoms with Crippen LogP contribution in [0.4, 0.5) is 5.69 Å². The molecule has 1 aromatic heterocycles. The van der Waals surface area contributed by atoms with E-state index in [-0.39, 0.29) is 24.8 Å². The van der Waals surface area contributed by atoms with Crippen molar-refractivity contribution in [1.82, 2.24) is 9.88 Å². The molecule has 7 heteroatoms. The lowest BCUT2D eigenvalue weighted by Gasteiger charge is -2.22. The van der Waals surface area contributed by atoms with Crippen molar-refractivity contribution in [1.29, 1.82) is 0 Å². The summed E-state index contributed by atoms with van der Waals surface area (Å²) in [6.07, 6.45) is 3.76. The molecule has 0 spiro atoms. The zero-order valence-corrected chi connectivity index (χ0v) is 11.8. The minimum atomic E-state index is -0.785. The molecule has 7 nitrogen and oxygen atoms in total. The van der Waals surface area contributed by atoms with Crippen LogP contribution in [0.2, 0.25) is 0 Å². The Labute approximate surface area is 122 Å². The van der Waals surface area contributed by atoms with Crippen LogP contribution in [0.1, 0.15) is 19.8 Å². The van der Waals surface area contributed by atoms with Crippen molar-refractivity contribution in [2.75, 3.05) is 18.4 Å². The van der Waals surface area contributed by atoms with Gasteiger partial charge in [0, 0.05) is 31.0 Å². The predicted molar refractivity (Wildman–Crippen MR) is 76.0 cm³/mol. The van der Waals surface area contributed by atoms with Crippen molar-refractivity contribution >= 4 is 23.4 Å². The number of primary amides is 1. The third-order valence-corrected chi connectivity index (χ3v) is 3.60. The monoisotopic (exact) mass is 290 g/mol. The van der Waals surface area contributed by atoms with Gasteiger partial charge in [-0.2, -0.15) is 0 Å². The van der Waals surface area contributed by atoms with Gasteiger partial charge >= 0.3 is 0 Å². The molecule has 1 aliphatic heterocycles. The molecule has 1 aromatic rings. The summed E-state index contributed by atoms with van der Waals surface area (Å²) in [7, 11) is 0. The highest BCUT2D eigenvalue weighted by Crippen LogP contribution is 2.35. The molecule has 1 fully saturated rings. The first kappa shape index (κ1) is 15.0. The first-order chi connectivity index (χ1) is 9.90. The molecule has 3 N–H and O–H groups in total. The first-order valence-electron chi connectivity index (χ1n) is 6.68. The molecule has 0 bridgehead atoms. The predicted octanol–water partition coefficient (Wildman–Crippen LogP) is 0.134. The smallest absolute Gasteiger partial charge is 0.237 e. The van der Waals surface area contributed by atoms with Crippen molar-refractivity contribution in [2.45, 2.75) is 19.8 Å². The van der Waals surface area contributed by atoms with E-state index in [0.29, 0.717) is 18.7 Å². The summed E-state index contributed by atoms with van der Waals surface area (Å²) in [4.78, 5) is 40.5. The lowest BCUT2D eigenvalue weighted by molar-refractivity contribution is -0.139. The topological polar surface area (TPSA) is 105 Å². The molecule has 0 saturated carbocycles. The van der Waals surface area contributed by atoms with E-state index in [1.807, 2.05) is 0 Å². The molecule has 1 unspecified atom stereocenters. The van der Waals surface area contributed by atoms with E-state index in [9.17, 15) is 14.4 Å². The Morgan fingerprint density at radius 2 is 2.10 bits per heavy atom. The summed E-state index contributed by atoms with van der Waals surface area (Å²) in [5, 5.41) is 2.73. The summed E-state index contributed by atoms with van der Waals surface area (Å²) in [5.74, 6) is -0.988. The Balaban J connectivity index is 1.97. The maximum absolute atomic E-state index is 12.3. The minimum Gasteiger partial charge on any atom is -0.368 e. The van der Waals surface area contributed by atoms with Crippen LogP contribution in [-0.2, 0) is 14.4 Å². The van der Waals surface area contributed by atoms with Gasteiger partial charge in [0.05, 0.1) is 12.0 Å². The van der Waals surface area contributed by atoms with Crippen molar-refractivity contribution in [2.24, 2.45) is 11.1 Å². The highest BCUT2D eigenvalue weighted by molar-refractivity contribution is 5.97. The number of hydrogen-bond acceptors (Lipinski definition) is 4. The van der Waals surface area contributed by atoms with Gasteiger partial charge in [-0.1, -0.05) is 6.92 Å². The zero-order chi connectivity index (χ0) is 15.5. The number of nitrogens with one attached hydrogen (secondary N) is 1. The number of rotatable bonds is 5. The number of amides is 3. The van der Waals surface area contributed by atoms with Gasteiger partial charge in [-0.3, -0.25) is 19.4 Å². The fourth-order valence-electron chi connectivity index (χ4n) is 2.47. The van der Waals surface area contributed by atoms with Crippen molar-refractivity contribution in [3.8, 4) is 0 Å². The van der Waals surface area contributed by atoms with Crippen LogP contribution in [0, 0.1) is 5.41 Å². The summed E-state index contributed by atoms with van der Waals surface area (Å²) in [5.41, 5.74) is 4.96. The van der Waals surface area contributed by atoms with Gasteiger partial charge in [0.25, 0.3) is 0 Å². The van der Waals surface area contributed by atoms with Crippen LogP contribution in [-0.4, -0.2) is 40.7 Å². The zero-order valence-electron chi connectivity index (χ0n) is 11.8. The molecule has 21 heavy (non-hydrogen) atoms. The van der Waals surface area contributed by atoms with E-state index in [4.69, 9.17) is 5.73 Å². The molecule has 2 heterocycles. The van der Waals surface area contributed by atoms with E-state index in [0.717, 1.165) is 0 Å². The molecule has 0 aliphatic carbocycles. The average Bonchev–Trinajstić information content (AvgIpc) is 2.67. The van der Waals surface area contributed by atoms with Crippen molar-refractivity contribution in [3.05, 3.63) is 24.5 Å². The molecule has 0 radical (unpaired) electrons. The lowest BCUT2D eigenvalue weighted by Crippen LogP contribution is -2.39. The van der Waals surface area contributed by atoms with Gasteiger partial charge < -0.3 is 16.0 Å². The number of pyridine rings is 1. The van der Waals surface area contributed by atoms with Crippen LogP contribution < -0.4 is 11.1 Å². The maximum atomic E-state index is 12.3. The van der Waals surface area contributed by atoms with Gasteiger partial charge in [-0.05, 0) is 18.6 Å². The van der Waals surface area contributed by atoms with Gasteiger partial charge in [-0.25, -0.2) is 0 Å². The molecule has 1 aliphatic rings. The number of carbonyl (C=O) groups excluding carboxylic acids is 3. The van der Waals surface area contributed by atoms with Gasteiger partial charge in [0.1, 0.15) is 0 Å². The summed E-state index contributed by atoms with van der Waals surface area (Å²) in [6.45, 7) is 2.09. The SMILES string of the molecule is CC1(CC(=O)Nc2ccncc2)CCN(CC(N)=O)C1=O. The second kappa shape index (κ2) is 5.90. The quantitative estimate of drug-likeness (QED) is 0.804. The second-order valence-corrected chi connectivity index (χ2v) is 5.46. The van der Waals surface area contributed by atoms with Crippen LogP contribution >= 0.6 is 0 Å². The average molecular weight is 290 g/mol. The second-order valence-electron chi connectivity index (χ2n) is 5.46. The highest BCUT2D eigenvalue weighted by Gasteiger charge is 2.44. The minimum absolute atomic E-state index is 0.0728. The van der Waals surface area contributed by atoms with Crippen LogP contribution in [0.5, 0.6) is 0 Å². The number of hydrogen-bond donors (Lipinski definition) is 2. The number of anilines is 1. The van der Waals surface area contributed by atoms with E-state index in [2.05, 4.69) is 10.3 Å². The Hall–Kier alpha value is -2.44. The van der Waals surface area contributed by atoms with E-state index in [1.54, 1.807) is 31.5 Å². The summed E-state index contributed by atoms with van der Waals surface area (Å²) in [6, 6.07) is 3.35. The third-order valence-electron chi connectivity index (χ3n) is 3.60. The molecule has 3 amide bonds. The fourth-order valence-corrected chi connectivity index (χ4v) is 2.47. The first-order valence-corrected chi connectivity index (χ1v) is 6.68. The molecular weight excluding hydrogens is 272 g/mol. The normalized spacial score (nSPS) is 21.4. The Kier molecular flexibility index (Phi) is 4.21. The number of aromatic nitrogens is 1. The highest BCUT2D eigenvalue weighted by atomic mass is 16.2. The maximum Gasteiger partial charge on any atom is 0.237 e. The largest absolute Gasteiger partial charge is 0.368 e. The van der Waals surface area contributed by atoms with Gasteiger partial charge in [-0.15, -0.1) is 0 Å². The number of nitrogens with zero attached hydrogens (tertiary/aromatic N) is 2. The Bertz CT molecular complexity index is 561. The van der Waals surface area contributed by atoms with Crippen LogP contribution in [0.15, 0.2) is 24.5 Å². The molecule has 112 valence electrons. The summed E-state index contributed by atoms with van der Waals surface area (Å²) >= 11 is 0. The van der Waals surface area contributed by atoms with Crippen molar-refractivity contribution < 1.29 is 14.4 Å². The molecule has 2 rings (SSSR count). The van der Waals surface area contributed by atoms with Crippen LogP contribution in [0.25, 0.3) is 0 Å². The molecule has 1 saturated heterocycles. The lowest BCUT2D eigenvalue weighted by atomic mass is 9.85. The molecular formula is C14H18N4O3. The summed E-state index contributed by atoms with van der Waals surface area (Å²) < 4.78 is 0. The third kappa shape index (κ3) is 3.56. The van der Waals surface area contributed by atoms with Gasteiger partial charge in [0.2, 0.25) is 17.7 Å².